The number of ether oxygens (including phenoxy) is 1. The van der Waals surface area contributed by atoms with Gasteiger partial charge < -0.3 is 35.6 Å². The number of hydrogen-bond acceptors (Lipinski definition) is 7. The Morgan fingerprint density at radius 1 is 1.29 bits per heavy atom. The smallest absolute Gasteiger partial charge is 0.370 e. The summed E-state index contributed by atoms with van der Waals surface area (Å²) in [6.07, 6.45) is -2.90. The van der Waals surface area contributed by atoms with Crippen LogP contribution < -0.4 is 5.32 Å². The molecule has 0 aliphatic carbocycles. The molecular weight excluding hydrogens is 322 g/mol. The molecule has 4 unspecified atom stereocenters. The van der Waals surface area contributed by atoms with Crippen molar-refractivity contribution in [2.24, 2.45) is 11.8 Å². The Morgan fingerprint density at radius 3 is 2.38 bits per heavy atom. The molecule has 1 rings (SSSR count). The van der Waals surface area contributed by atoms with Crippen molar-refractivity contribution in [2.45, 2.75) is 44.6 Å². The summed E-state index contributed by atoms with van der Waals surface area (Å²) in [5.74, 6) is -3.40. The third kappa shape index (κ3) is 5.17. The predicted molar refractivity (Wildman–Crippen MR) is 81.7 cm³/mol. The summed E-state index contributed by atoms with van der Waals surface area (Å²) in [5, 5.41) is 50.2. The Hall–Kier alpha value is -1.68. The SMILES string of the molecule is CC(C)CC(=O)N[C@@H]1C(O)C=C(C(=O)O)OC1C(CO)C(O)CO. The Kier molecular flexibility index (Phi) is 7.61. The summed E-state index contributed by atoms with van der Waals surface area (Å²) in [6.45, 7) is 2.33. The van der Waals surface area contributed by atoms with Crippen LogP contribution in [0.25, 0.3) is 0 Å². The number of aliphatic carboxylic acids is 1. The van der Waals surface area contributed by atoms with Crippen molar-refractivity contribution < 1.29 is 39.9 Å². The van der Waals surface area contributed by atoms with E-state index in [2.05, 4.69) is 5.32 Å². The van der Waals surface area contributed by atoms with Crippen LogP contribution in [0.2, 0.25) is 0 Å². The first-order chi connectivity index (χ1) is 11.2. The van der Waals surface area contributed by atoms with Crippen molar-refractivity contribution in [1.82, 2.24) is 5.32 Å². The molecule has 0 aromatic carbocycles. The van der Waals surface area contributed by atoms with Crippen LogP contribution in [0.1, 0.15) is 20.3 Å². The molecule has 9 nitrogen and oxygen atoms in total. The molecular formula is C15H25NO8. The van der Waals surface area contributed by atoms with Crippen LogP contribution in [-0.2, 0) is 14.3 Å². The molecule has 0 radical (unpaired) electrons. The van der Waals surface area contributed by atoms with Crippen molar-refractivity contribution in [3.63, 3.8) is 0 Å². The molecule has 0 spiro atoms. The second kappa shape index (κ2) is 8.97. The van der Waals surface area contributed by atoms with Gasteiger partial charge in [0.15, 0.2) is 0 Å². The Bertz CT molecular complexity index is 478. The number of hydrogen-bond donors (Lipinski definition) is 6. The lowest BCUT2D eigenvalue weighted by atomic mass is 9.87. The first-order valence-electron chi connectivity index (χ1n) is 7.70. The quantitative estimate of drug-likeness (QED) is 0.300. The minimum atomic E-state index is -1.43. The van der Waals surface area contributed by atoms with Crippen LogP contribution in [0.15, 0.2) is 11.8 Å². The number of aliphatic hydroxyl groups excluding tert-OH is 4. The number of rotatable bonds is 8. The summed E-state index contributed by atoms with van der Waals surface area (Å²) >= 11 is 0. The summed E-state index contributed by atoms with van der Waals surface area (Å²) in [5.41, 5.74) is 0. The number of aliphatic hydroxyl groups is 4. The molecule has 24 heavy (non-hydrogen) atoms. The van der Waals surface area contributed by atoms with E-state index in [1.165, 1.54) is 0 Å². The standard InChI is InChI=1S/C15H25NO8/c1-7(2)3-12(21)16-13-9(19)4-11(15(22)23)24-14(13)8(5-17)10(20)6-18/h4,7-10,13-14,17-20H,3,5-6H2,1-2H3,(H,16,21)(H,22,23)/t8?,9?,10?,13-,14?/m1/s1. The van der Waals surface area contributed by atoms with Crippen LogP contribution in [0.4, 0.5) is 0 Å². The van der Waals surface area contributed by atoms with Gasteiger partial charge in [-0.1, -0.05) is 13.8 Å². The molecule has 9 heteroatoms. The minimum Gasteiger partial charge on any atom is -0.481 e. The summed E-state index contributed by atoms with van der Waals surface area (Å²) in [7, 11) is 0. The predicted octanol–water partition coefficient (Wildman–Crippen LogP) is -1.79. The van der Waals surface area contributed by atoms with Gasteiger partial charge in [0, 0.05) is 12.3 Å². The second-order valence-corrected chi connectivity index (χ2v) is 6.20. The lowest BCUT2D eigenvalue weighted by Crippen LogP contribution is -2.58. The highest BCUT2D eigenvalue weighted by molar-refractivity contribution is 5.84. The molecule has 1 amide bonds. The van der Waals surface area contributed by atoms with Crippen molar-refractivity contribution in [3.05, 3.63) is 11.8 Å². The topological polar surface area (TPSA) is 157 Å². The fourth-order valence-corrected chi connectivity index (χ4v) is 2.55. The van der Waals surface area contributed by atoms with Gasteiger partial charge in [0.05, 0.1) is 31.5 Å². The minimum absolute atomic E-state index is 0.0619. The maximum atomic E-state index is 12.0. The average Bonchev–Trinajstić information content (AvgIpc) is 2.49. The zero-order chi connectivity index (χ0) is 18.4. The molecule has 138 valence electrons. The molecule has 0 bridgehead atoms. The first kappa shape index (κ1) is 20.4. The van der Waals surface area contributed by atoms with E-state index in [0.29, 0.717) is 0 Å². The van der Waals surface area contributed by atoms with Crippen molar-refractivity contribution in [1.29, 1.82) is 0 Å². The molecule has 0 saturated carbocycles. The molecule has 5 atom stereocenters. The van der Waals surface area contributed by atoms with E-state index in [-0.39, 0.29) is 18.2 Å². The monoisotopic (exact) mass is 347 g/mol. The molecule has 0 saturated heterocycles. The zero-order valence-corrected chi connectivity index (χ0v) is 13.6. The maximum absolute atomic E-state index is 12.0. The molecule has 1 heterocycles. The van der Waals surface area contributed by atoms with Gasteiger partial charge >= 0.3 is 5.97 Å². The van der Waals surface area contributed by atoms with Gasteiger partial charge in [-0.25, -0.2) is 4.79 Å². The molecule has 0 fully saturated rings. The lowest BCUT2D eigenvalue weighted by molar-refractivity contribution is -0.145. The number of carbonyl (C=O) groups is 2. The van der Waals surface area contributed by atoms with Gasteiger partial charge in [-0.2, -0.15) is 0 Å². The van der Waals surface area contributed by atoms with Crippen LogP contribution in [0, 0.1) is 11.8 Å². The van der Waals surface area contributed by atoms with Crippen LogP contribution in [0.5, 0.6) is 0 Å². The second-order valence-electron chi connectivity index (χ2n) is 6.20. The summed E-state index contributed by atoms with van der Waals surface area (Å²) in [4.78, 5) is 23.1. The third-order valence-electron chi connectivity index (χ3n) is 3.75. The van der Waals surface area contributed by atoms with E-state index in [4.69, 9.17) is 14.9 Å². The molecule has 0 aromatic rings. The molecule has 0 aromatic heterocycles. The highest BCUT2D eigenvalue weighted by Gasteiger charge is 2.43. The lowest BCUT2D eigenvalue weighted by Gasteiger charge is -2.39. The Labute approximate surface area is 139 Å². The van der Waals surface area contributed by atoms with E-state index < -0.39 is 55.2 Å². The van der Waals surface area contributed by atoms with Crippen molar-refractivity contribution in [3.8, 4) is 0 Å². The number of amides is 1. The number of carboxylic acids is 1. The molecule has 1 aliphatic rings. The Morgan fingerprint density at radius 2 is 1.92 bits per heavy atom. The highest BCUT2D eigenvalue weighted by atomic mass is 16.5. The largest absolute Gasteiger partial charge is 0.481 e. The highest BCUT2D eigenvalue weighted by Crippen LogP contribution is 2.26. The van der Waals surface area contributed by atoms with E-state index in [0.717, 1.165) is 6.08 Å². The number of carbonyl (C=O) groups excluding carboxylic acids is 1. The normalized spacial score (nSPS) is 26.3. The number of nitrogens with one attached hydrogen (secondary N) is 1. The van der Waals surface area contributed by atoms with Gasteiger partial charge in [-0.3, -0.25) is 4.79 Å². The van der Waals surface area contributed by atoms with E-state index in [1.54, 1.807) is 0 Å². The average molecular weight is 347 g/mol. The Balaban J connectivity index is 3.08. The van der Waals surface area contributed by atoms with Crippen LogP contribution >= 0.6 is 0 Å². The van der Waals surface area contributed by atoms with E-state index >= 15 is 0 Å². The van der Waals surface area contributed by atoms with Gasteiger partial charge in [0.25, 0.3) is 0 Å². The molecule has 6 N–H and O–H groups in total. The van der Waals surface area contributed by atoms with Gasteiger partial charge in [0.2, 0.25) is 11.7 Å². The van der Waals surface area contributed by atoms with Crippen LogP contribution in [0.3, 0.4) is 0 Å². The van der Waals surface area contributed by atoms with Gasteiger partial charge in [-0.15, -0.1) is 0 Å². The summed E-state index contributed by atoms with van der Waals surface area (Å²) < 4.78 is 5.27. The zero-order valence-electron chi connectivity index (χ0n) is 13.6. The van der Waals surface area contributed by atoms with E-state index in [1.807, 2.05) is 13.8 Å². The van der Waals surface area contributed by atoms with Gasteiger partial charge in [-0.05, 0) is 12.0 Å². The summed E-state index contributed by atoms with van der Waals surface area (Å²) in [6, 6.07) is -1.07. The fourth-order valence-electron chi connectivity index (χ4n) is 2.55. The van der Waals surface area contributed by atoms with Gasteiger partial charge in [0.1, 0.15) is 6.10 Å². The fraction of sp³-hybridized carbons (Fsp3) is 0.733. The van der Waals surface area contributed by atoms with E-state index in [9.17, 15) is 24.9 Å². The maximum Gasteiger partial charge on any atom is 0.370 e. The van der Waals surface area contributed by atoms with Crippen molar-refractivity contribution in [2.75, 3.05) is 13.2 Å². The van der Waals surface area contributed by atoms with Crippen LogP contribution in [-0.4, -0.2) is 75.0 Å². The third-order valence-corrected chi connectivity index (χ3v) is 3.75. The molecule has 1 aliphatic heterocycles. The number of carboxylic acid groups (broad SMARTS) is 1. The first-order valence-corrected chi connectivity index (χ1v) is 7.70. The van der Waals surface area contributed by atoms with Crippen molar-refractivity contribution >= 4 is 11.9 Å².